The third-order valence-corrected chi connectivity index (χ3v) is 3.29. The highest BCUT2D eigenvalue weighted by Gasteiger charge is 2.06. The molecule has 0 bridgehead atoms. The van der Waals surface area contributed by atoms with Crippen LogP contribution >= 0.6 is 0 Å². The molecule has 1 radical (unpaired) electrons. The first-order valence-corrected chi connectivity index (χ1v) is 8.25. The third-order valence-electron chi connectivity index (χ3n) is 3.29. The molecule has 0 aliphatic carbocycles. The Labute approximate surface area is 148 Å². The van der Waals surface area contributed by atoms with E-state index in [-0.39, 0.29) is 5.78 Å². The molecule has 25 heavy (non-hydrogen) atoms. The molecule has 0 aromatic heterocycles. The van der Waals surface area contributed by atoms with Gasteiger partial charge in [-0.05, 0) is 25.1 Å². The zero-order valence-electron chi connectivity index (χ0n) is 14.4. The van der Waals surface area contributed by atoms with E-state index in [1.165, 1.54) is 6.92 Å². The maximum Gasteiger partial charge on any atom is 0.163 e. The summed E-state index contributed by atoms with van der Waals surface area (Å²) in [5, 5.41) is 0. The molecule has 0 N–H and O–H groups in total. The van der Waals surface area contributed by atoms with Gasteiger partial charge in [-0.3, -0.25) is 4.79 Å². The molecule has 0 amide bonds. The highest BCUT2D eigenvalue weighted by Crippen LogP contribution is 2.18. The SMILES string of the molecule is CC(=O)c1ccccc1OCCOCCOCCOc1[c]cccc1. The molecule has 5 heteroatoms. The number of Topliss-reactive ketones (excluding diaryl/α,β-unsaturated/α-hetero) is 1. The molecule has 0 spiro atoms. The molecule has 0 saturated heterocycles. The van der Waals surface area contributed by atoms with Gasteiger partial charge >= 0.3 is 0 Å². The molecule has 0 fully saturated rings. The van der Waals surface area contributed by atoms with Crippen molar-refractivity contribution in [3.8, 4) is 11.5 Å². The minimum Gasteiger partial charge on any atom is -0.491 e. The number of ketones is 1. The summed E-state index contributed by atoms with van der Waals surface area (Å²) >= 11 is 0. The van der Waals surface area contributed by atoms with E-state index in [0.717, 1.165) is 0 Å². The number of carbonyl (C=O) groups is 1. The average Bonchev–Trinajstić information content (AvgIpc) is 2.64. The van der Waals surface area contributed by atoms with Crippen molar-refractivity contribution >= 4 is 5.78 Å². The summed E-state index contributed by atoms with van der Waals surface area (Å²) in [6, 6.07) is 17.6. The summed E-state index contributed by atoms with van der Waals surface area (Å²) in [5.41, 5.74) is 0.585. The second-order valence-electron chi connectivity index (χ2n) is 5.20. The first-order valence-electron chi connectivity index (χ1n) is 8.25. The van der Waals surface area contributed by atoms with E-state index in [1.54, 1.807) is 18.2 Å². The predicted octanol–water partition coefficient (Wildman–Crippen LogP) is 3.18. The predicted molar refractivity (Wildman–Crippen MR) is 94.4 cm³/mol. The lowest BCUT2D eigenvalue weighted by molar-refractivity contribution is 0.0272. The fraction of sp³-hybridized carbons (Fsp3) is 0.350. The van der Waals surface area contributed by atoms with Crippen LogP contribution in [0.2, 0.25) is 0 Å². The Hall–Kier alpha value is -2.37. The number of hydrogen-bond donors (Lipinski definition) is 0. The fourth-order valence-corrected chi connectivity index (χ4v) is 2.09. The van der Waals surface area contributed by atoms with Gasteiger partial charge in [0.2, 0.25) is 0 Å². The Morgan fingerprint density at radius 2 is 1.48 bits per heavy atom. The van der Waals surface area contributed by atoms with Gasteiger partial charge in [-0.1, -0.05) is 30.3 Å². The van der Waals surface area contributed by atoms with Crippen LogP contribution in [0.1, 0.15) is 17.3 Å². The van der Waals surface area contributed by atoms with E-state index in [9.17, 15) is 4.79 Å². The lowest BCUT2D eigenvalue weighted by atomic mass is 10.1. The van der Waals surface area contributed by atoms with E-state index >= 15 is 0 Å². The van der Waals surface area contributed by atoms with Crippen molar-refractivity contribution in [3.05, 3.63) is 60.2 Å². The van der Waals surface area contributed by atoms with Crippen LogP contribution in [0.4, 0.5) is 0 Å². The van der Waals surface area contributed by atoms with Gasteiger partial charge in [0.15, 0.2) is 5.78 Å². The number of hydrogen-bond acceptors (Lipinski definition) is 5. The van der Waals surface area contributed by atoms with Crippen molar-refractivity contribution in [1.82, 2.24) is 0 Å². The third kappa shape index (κ3) is 7.37. The summed E-state index contributed by atoms with van der Waals surface area (Å²) in [5.74, 6) is 1.29. The average molecular weight is 343 g/mol. The minimum atomic E-state index is -0.0137. The molecule has 0 aliphatic heterocycles. The smallest absolute Gasteiger partial charge is 0.163 e. The molecular formula is C20H23O5. The quantitative estimate of drug-likeness (QED) is 0.438. The number of benzene rings is 2. The van der Waals surface area contributed by atoms with Crippen molar-refractivity contribution in [3.63, 3.8) is 0 Å². The zero-order valence-corrected chi connectivity index (χ0v) is 14.4. The molecule has 0 atom stereocenters. The molecule has 2 rings (SSSR count). The number of para-hydroxylation sites is 2. The van der Waals surface area contributed by atoms with Crippen molar-refractivity contribution in [2.75, 3.05) is 39.6 Å². The second-order valence-corrected chi connectivity index (χ2v) is 5.20. The van der Waals surface area contributed by atoms with Crippen LogP contribution in [0.3, 0.4) is 0 Å². The molecule has 0 heterocycles. The molecule has 2 aromatic carbocycles. The number of ether oxygens (including phenoxy) is 4. The Morgan fingerprint density at radius 1 is 0.840 bits per heavy atom. The Bertz CT molecular complexity index is 627. The Balaban J connectivity index is 1.47. The molecule has 0 aliphatic rings. The van der Waals surface area contributed by atoms with Crippen LogP contribution in [0.5, 0.6) is 11.5 Å². The van der Waals surface area contributed by atoms with Gasteiger partial charge in [0.1, 0.15) is 24.7 Å². The van der Waals surface area contributed by atoms with Crippen LogP contribution in [-0.4, -0.2) is 45.4 Å². The van der Waals surface area contributed by atoms with E-state index < -0.39 is 0 Å². The fourth-order valence-electron chi connectivity index (χ4n) is 2.09. The largest absolute Gasteiger partial charge is 0.491 e. The van der Waals surface area contributed by atoms with Crippen molar-refractivity contribution in [2.45, 2.75) is 6.92 Å². The highest BCUT2D eigenvalue weighted by molar-refractivity contribution is 5.96. The number of carbonyl (C=O) groups excluding carboxylic acids is 1. The highest BCUT2D eigenvalue weighted by atomic mass is 16.6. The first-order chi connectivity index (χ1) is 12.3. The summed E-state index contributed by atoms with van der Waals surface area (Å²) < 4.78 is 21.9. The Kier molecular flexibility index (Phi) is 8.52. The zero-order chi connectivity index (χ0) is 17.7. The van der Waals surface area contributed by atoms with Crippen LogP contribution in [0, 0.1) is 6.07 Å². The molecular weight excluding hydrogens is 320 g/mol. The van der Waals surface area contributed by atoms with Crippen LogP contribution in [0.25, 0.3) is 0 Å². The lowest BCUT2D eigenvalue weighted by Crippen LogP contribution is -2.14. The van der Waals surface area contributed by atoms with E-state index in [2.05, 4.69) is 6.07 Å². The summed E-state index contributed by atoms with van der Waals surface area (Å²) in [7, 11) is 0. The normalized spacial score (nSPS) is 10.4. The molecule has 0 saturated carbocycles. The monoisotopic (exact) mass is 343 g/mol. The van der Waals surface area contributed by atoms with Crippen LogP contribution in [-0.2, 0) is 9.47 Å². The van der Waals surface area contributed by atoms with Gasteiger partial charge in [0.25, 0.3) is 0 Å². The van der Waals surface area contributed by atoms with Gasteiger partial charge in [0, 0.05) is 6.07 Å². The number of rotatable bonds is 12. The van der Waals surface area contributed by atoms with Gasteiger partial charge in [0.05, 0.1) is 32.0 Å². The van der Waals surface area contributed by atoms with Gasteiger partial charge < -0.3 is 18.9 Å². The molecule has 2 aromatic rings. The minimum absolute atomic E-state index is 0.0137. The summed E-state index contributed by atoms with van der Waals surface area (Å²) in [6.07, 6.45) is 0. The molecule has 5 nitrogen and oxygen atoms in total. The van der Waals surface area contributed by atoms with Crippen LogP contribution < -0.4 is 9.47 Å². The maximum atomic E-state index is 11.5. The molecule has 133 valence electrons. The standard InChI is InChI=1S/C20H23O5/c1-17(21)19-9-5-6-10-20(19)25-16-14-23-12-11-22-13-15-24-18-7-3-2-4-8-18/h2-7,9-10H,11-16H2,1H3. The summed E-state index contributed by atoms with van der Waals surface area (Å²) in [6.45, 7) is 4.29. The van der Waals surface area contributed by atoms with Crippen molar-refractivity contribution < 1.29 is 23.7 Å². The van der Waals surface area contributed by atoms with E-state index in [4.69, 9.17) is 18.9 Å². The van der Waals surface area contributed by atoms with Gasteiger partial charge in [-0.2, -0.15) is 0 Å². The van der Waals surface area contributed by atoms with Crippen molar-refractivity contribution in [1.29, 1.82) is 0 Å². The van der Waals surface area contributed by atoms with Gasteiger partial charge in [-0.15, -0.1) is 0 Å². The van der Waals surface area contributed by atoms with E-state index in [1.807, 2.05) is 30.3 Å². The van der Waals surface area contributed by atoms with Crippen LogP contribution in [0.15, 0.2) is 48.5 Å². The molecule has 0 unspecified atom stereocenters. The second kappa shape index (κ2) is 11.2. The summed E-state index contributed by atoms with van der Waals surface area (Å²) in [4.78, 5) is 11.5. The van der Waals surface area contributed by atoms with Gasteiger partial charge in [-0.25, -0.2) is 0 Å². The van der Waals surface area contributed by atoms with Crippen molar-refractivity contribution in [2.24, 2.45) is 0 Å². The first kappa shape index (κ1) is 19.0. The van der Waals surface area contributed by atoms with E-state index in [0.29, 0.717) is 56.7 Å². The topological polar surface area (TPSA) is 54.0 Å². The Morgan fingerprint density at radius 3 is 2.16 bits per heavy atom. The lowest BCUT2D eigenvalue weighted by Gasteiger charge is -2.10. The maximum absolute atomic E-state index is 11.5.